The third kappa shape index (κ3) is 3.14. The Hall–Kier alpha value is -2.16. The lowest BCUT2D eigenvalue weighted by Crippen LogP contribution is -1.82. The first kappa shape index (κ1) is 11.3. The highest BCUT2D eigenvalue weighted by Gasteiger charge is 1.93. The van der Waals surface area contributed by atoms with E-state index in [0.717, 1.165) is 16.9 Å². The van der Waals surface area contributed by atoms with Gasteiger partial charge in [0.1, 0.15) is 5.75 Å². The minimum absolute atomic E-state index is 0.470. The molecule has 0 aliphatic heterocycles. The fourth-order valence-corrected chi connectivity index (χ4v) is 1.43. The first-order valence-corrected chi connectivity index (χ1v) is 5.21. The van der Waals surface area contributed by atoms with Gasteiger partial charge in [-0.3, -0.25) is 0 Å². The van der Waals surface area contributed by atoms with Crippen LogP contribution in [0.25, 0.3) is 12.2 Å². The largest absolute Gasteiger partial charge is 0.497 e. The number of hydrogen-bond acceptors (Lipinski definition) is 2. The molecule has 0 N–H and O–H groups in total. The van der Waals surface area contributed by atoms with Crippen molar-refractivity contribution < 1.29 is 9.13 Å². The fourth-order valence-electron chi connectivity index (χ4n) is 1.43. The van der Waals surface area contributed by atoms with Crippen molar-refractivity contribution in [1.29, 1.82) is 0 Å². The summed E-state index contributed by atoms with van der Waals surface area (Å²) in [5, 5.41) is 0. The van der Waals surface area contributed by atoms with Gasteiger partial charge in [0.05, 0.1) is 7.11 Å². The van der Waals surface area contributed by atoms with Gasteiger partial charge in [-0.1, -0.05) is 24.3 Å². The molecule has 1 aromatic heterocycles. The molecule has 0 amide bonds. The molecule has 0 atom stereocenters. The molecule has 0 saturated heterocycles. The average Bonchev–Trinajstić information content (AvgIpc) is 2.37. The Kier molecular flexibility index (Phi) is 3.50. The van der Waals surface area contributed by atoms with Crippen LogP contribution in [0.5, 0.6) is 5.75 Å². The molecule has 0 unspecified atom stereocenters. The topological polar surface area (TPSA) is 22.1 Å². The summed E-state index contributed by atoms with van der Waals surface area (Å²) in [7, 11) is 1.63. The van der Waals surface area contributed by atoms with Crippen LogP contribution in [0.15, 0.2) is 42.6 Å². The Morgan fingerprint density at radius 3 is 2.41 bits per heavy atom. The van der Waals surface area contributed by atoms with Gasteiger partial charge in [0, 0.05) is 12.3 Å². The zero-order valence-corrected chi connectivity index (χ0v) is 9.43. The van der Waals surface area contributed by atoms with E-state index in [1.807, 2.05) is 36.4 Å². The summed E-state index contributed by atoms with van der Waals surface area (Å²) in [6, 6.07) is 10.8. The number of nitrogens with zero attached hydrogens (tertiary/aromatic N) is 1. The third-order valence-corrected chi connectivity index (χ3v) is 2.33. The molecule has 3 heteroatoms. The van der Waals surface area contributed by atoms with Crippen LogP contribution >= 0.6 is 0 Å². The number of aromatic nitrogens is 1. The van der Waals surface area contributed by atoms with E-state index in [4.69, 9.17) is 4.74 Å². The maximum Gasteiger partial charge on any atom is 0.213 e. The lowest BCUT2D eigenvalue weighted by Gasteiger charge is -1.99. The molecule has 1 aromatic carbocycles. The van der Waals surface area contributed by atoms with Crippen LogP contribution in [0, 0.1) is 5.95 Å². The van der Waals surface area contributed by atoms with E-state index in [-0.39, 0.29) is 0 Å². The number of hydrogen-bond donors (Lipinski definition) is 0. The number of halogens is 1. The third-order valence-electron chi connectivity index (χ3n) is 2.33. The van der Waals surface area contributed by atoms with Crippen LogP contribution in [0.2, 0.25) is 0 Å². The van der Waals surface area contributed by atoms with Crippen molar-refractivity contribution in [2.45, 2.75) is 0 Å². The summed E-state index contributed by atoms with van der Waals surface area (Å²) in [4.78, 5) is 3.50. The van der Waals surface area contributed by atoms with Crippen LogP contribution in [0.3, 0.4) is 0 Å². The number of ether oxygens (including phenoxy) is 1. The maximum atomic E-state index is 12.8. The van der Waals surface area contributed by atoms with Crippen molar-refractivity contribution in [3.63, 3.8) is 0 Å². The highest BCUT2D eigenvalue weighted by atomic mass is 19.1. The molecule has 1 heterocycles. The second-order valence-electron chi connectivity index (χ2n) is 3.52. The van der Waals surface area contributed by atoms with Gasteiger partial charge in [0.25, 0.3) is 0 Å². The van der Waals surface area contributed by atoms with Crippen molar-refractivity contribution in [3.8, 4) is 5.75 Å². The first-order chi connectivity index (χ1) is 8.28. The minimum atomic E-state index is -0.470. The Bertz CT molecular complexity index is 520. The number of rotatable bonds is 3. The normalized spacial score (nSPS) is 10.7. The molecular weight excluding hydrogens is 217 g/mol. The fraction of sp³-hybridized carbons (Fsp3) is 0.0714. The lowest BCUT2D eigenvalue weighted by atomic mass is 10.1. The second kappa shape index (κ2) is 5.25. The summed E-state index contributed by atoms with van der Waals surface area (Å²) >= 11 is 0. The van der Waals surface area contributed by atoms with Gasteiger partial charge in [-0.05, 0) is 29.3 Å². The van der Waals surface area contributed by atoms with Crippen molar-refractivity contribution in [1.82, 2.24) is 4.98 Å². The molecule has 0 spiro atoms. The monoisotopic (exact) mass is 229 g/mol. The van der Waals surface area contributed by atoms with Crippen LogP contribution in [-0.2, 0) is 0 Å². The van der Waals surface area contributed by atoms with Crippen LogP contribution in [-0.4, -0.2) is 12.1 Å². The van der Waals surface area contributed by atoms with E-state index in [0.29, 0.717) is 0 Å². The highest BCUT2D eigenvalue weighted by molar-refractivity contribution is 5.69. The van der Waals surface area contributed by atoms with Crippen molar-refractivity contribution in [2.75, 3.05) is 7.11 Å². The van der Waals surface area contributed by atoms with Crippen molar-refractivity contribution in [2.24, 2.45) is 0 Å². The van der Waals surface area contributed by atoms with Crippen LogP contribution in [0.4, 0.5) is 4.39 Å². The Morgan fingerprint density at radius 1 is 1.06 bits per heavy atom. The van der Waals surface area contributed by atoms with Gasteiger partial charge >= 0.3 is 0 Å². The molecule has 86 valence electrons. The van der Waals surface area contributed by atoms with E-state index >= 15 is 0 Å². The predicted molar refractivity (Wildman–Crippen MR) is 66.1 cm³/mol. The van der Waals surface area contributed by atoms with Gasteiger partial charge < -0.3 is 4.74 Å². The van der Waals surface area contributed by atoms with Crippen LogP contribution < -0.4 is 4.74 Å². The molecule has 2 nitrogen and oxygen atoms in total. The van der Waals surface area contributed by atoms with Crippen LogP contribution in [0.1, 0.15) is 11.1 Å². The summed E-state index contributed by atoms with van der Waals surface area (Å²) in [6.45, 7) is 0. The second-order valence-corrected chi connectivity index (χ2v) is 3.52. The Morgan fingerprint density at radius 2 is 1.76 bits per heavy atom. The molecule has 0 saturated carbocycles. The van der Waals surface area contributed by atoms with E-state index < -0.39 is 5.95 Å². The number of methoxy groups -OCH3 is 1. The number of pyridine rings is 1. The molecule has 17 heavy (non-hydrogen) atoms. The molecule has 2 aromatic rings. The zero-order valence-electron chi connectivity index (χ0n) is 9.43. The van der Waals surface area contributed by atoms with Gasteiger partial charge in [0.15, 0.2) is 0 Å². The maximum absolute atomic E-state index is 12.8. The zero-order chi connectivity index (χ0) is 12.1. The van der Waals surface area contributed by atoms with E-state index in [1.54, 1.807) is 13.2 Å². The van der Waals surface area contributed by atoms with E-state index in [9.17, 15) is 4.39 Å². The predicted octanol–water partition coefficient (Wildman–Crippen LogP) is 3.40. The standard InChI is InChI=1S/C14H12FNO/c1-17-13-6-4-11(5-7-13)2-3-12-8-9-16-14(15)10-12/h2-10H,1H3. The van der Waals surface area contributed by atoms with Crippen molar-refractivity contribution >= 4 is 12.2 Å². The SMILES string of the molecule is COc1ccc(C=Cc2ccnc(F)c2)cc1. The van der Waals surface area contributed by atoms with E-state index in [2.05, 4.69) is 4.98 Å². The highest BCUT2D eigenvalue weighted by Crippen LogP contribution is 2.13. The molecule has 0 radical (unpaired) electrons. The summed E-state index contributed by atoms with van der Waals surface area (Å²) < 4.78 is 17.9. The molecule has 0 aliphatic rings. The van der Waals surface area contributed by atoms with Crippen molar-refractivity contribution in [3.05, 3.63) is 59.7 Å². The quantitative estimate of drug-likeness (QED) is 0.752. The molecule has 0 fully saturated rings. The lowest BCUT2D eigenvalue weighted by molar-refractivity contribution is 0.415. The molecule has 0 aliphatic carbocycles. The smallest absolute Gasteiger partial charge is 0.213 e. The Balaban J connectivity index is 2.14. The molecular formula is C14H12FNO. The minimum Gasteiger partial charge on any atom is -0.497 e. The summed E-state index contributed by atoms with van der Waals surface area (Å²) in [6.07, 6.45) is 5.20. The first-order valence-electron chi connectivity index (χ1n) is 5.21. The van der Waals surface area contributed by atoms with E-state index in [1.165, 1.54) is 12.3 Å². The molecule has 2 rings (SSSR count). The van der Waals surface area contributed by atoms with Gasteiger partial charge in [0.2, 0.25) is 5.95 Å². The summed E-state index contributed by atoms with van der Waals surface area (Å²) in [5.74, 6) is 0.346. The van der Waals surface area contributed by atoms with Gasteiger partial charge in [-0.2, -0.15) is 4.39 Å². The average molecular weight is 229 g/mol. The van der Waals surface area contributed by atoms with Gasteiger partial charge in [-0.15, -0.1) is 0 Å². The Labute approximate surface area is 99.4 Å². The molecule has 0 bridgehead atoms. The number of benzene rings is 1. The van der Waals surface area contributed by atoms with Gasteiger partial charge in [-0.25, -0.2) is 4.98 Å². The summed E-state index contributed by atoms with van der Waals surface area (Å²) in [5.41, 5.74) is 1.82.